The first-order valence-corrected chi connectivity index (χ1v) is 9.59. The number of methoxy groups -OCH3 is 2. The molecule has 1 aromatic carbocycles. The number of nitrogens with one attached hydrogen (secondary N) is 1. The molecule has 130 valence electrons. The molecule has 2 aromatic heterocycles. The summed E-state index contributed by atoms with van der Waals surface area (Å²) in [5.41, 5.74) is 1.98. The molecular weight excluding hydrogens is 354 g/mol. The fraction of sp³-hybridized carbons (Fsp3) is 0.211. The van der Waals surface area contributed by atoms with E-state index >= 15 is 0 Å². The van der Waals surface area contributed by atoms with Crippen molar-refractivity contribution in [3.8, 4) is 11.5 Å². The molecule has 0 saturated carbocycles. The molecule has 1 unspecified atom stereocenters. The largest absolute Gasteiger partial charge is 0.493 e. The first-order chi connectivity index (χ1) is 12.2. The van der Waals surface area contributed by atoms with Crippen LogP contribution in [0.3, 0.4) is 0 Å². The second-order valence-corrected chi connectivity index (χ2v) is 7.20. The highest BCUT2D eigenvalue weighted by atomic mass is 32.1. The third kappa shape index (κ3) is 4.21. The molecule has 3 aromatic rings. The van der Waals surface area contributed by atoms with Gasteiger partial charge in [-0.15, -0.1) is 11.3 Å². The van der Waals surface area contributed by atoms with E-state index < -0.39 is 0 Å². The van der Waals surface area contributed by atoms with Crippen molar-refractivity contribution in [1.82, 2.24) is 5.32 Å². The molecule has 0 bridgehead atoms. The van der Waals surface area contributed by atoms with E-state index in [2.05, 4.69) is 10.7 Å². The number of benzene rings is 1. The van der Waals surface area contributed by atoms with Crippen LogP contribution >= 0.6 is 22.7 Å². The molecule has 0 fully saturated rings. The Morgan fingerprint density at radius 1 is 1.12 bits per heavy atom. The summed E-state index contributed by atoms with van der Waals surface area (Å²) < 4.78 is 10.5. The van der Waals surface area contributed by atoms with Crippen LogP contribution in [0.15, 0.2) is 52.5 Å². The van der Waals surface area contributed by atoms with Crippen molar-refractivity contribution in [2.75, 3.05) is 14.2 Å². The number of rotatable bonds is 7. The van der Waals surface area contributed by atoms with E-state index in [1.807, 2.05) is 47.2 Å². The maximum absolute atomic E-state index is 12.6. The zero-order chi connectivity index (χ0) is 17.6. The highest BCUT2D eigenvalue weighted by Gasteiger charge is 2.18. The molecule has 1 N–H and O–H groups in total. The molecule has 0 aliphatic carbocycles. The maximum Gasteiger partial charge on any atom is 0.225 e. The number of hydrogen-bond acceptors (Lipinski definition) is 5. The van der Waals surface area contributed by atoms with Gasteiger partial charge < -0.3 is 14.8 Å². The van der Waals surface area contributed by atoms with Crippen molar-refractivity contribution in [2.45, 2.75) is 12.5 Å². The van der Waals surface area contributed by atoms with Gasteiger partial charge in [0.25, 0.3) is 0 Å². The number of ether oxygens (including phenoxy) is 2. The van der Waals surface area contributed by atoms with Gasteiger partial charge in [-0.05, 0) is 51.5 Å². The third-order valence-corrected chi connectivity index (χ3v) is 5.46. The van der Waals surface area contributed by atoms with Crippen molar-refractivity contribution in [3.63, 3.8) is 0 Å². The SMILES string of the molecule is COc1ccc(CC(=O)NC(c2ccsc2)c2cccs2)cc1OC. The molecule has 4 nitrogen and oxygen atoms in total. The Morgan fingerprint density at radius 2 is 1.96 bits per heavy atom. The quantitative estimate of drug-likeness (QED) is 0.673. The Kier molecular flexibility index (Phi) is 5.73. The molecule has 0 saturated heterocycles. The van der Waals surface area contributed by atoms with Gasteiger partial charge in [-0.2, -0.15) is 11.3 Å². The van der Waals surface area contributed by atoms with Gasteiger partial charge in [0.1, 0.15) is 0 Å². The summed E-state index contributed by atoms with van der Waals surface area (Å²) in [6, 6.07) is 11.5. The standard InChI is InChI=1S/C19H19NO3S2/c1-22-15-6-5-13(10-16(15)23-2)11-18(21)20-19(14-7-9-24-12-14)17-4-3-8-25-17/h3-10,12,19H,11H2,1-2H3,(H,20,21). The van der Waals surface area contributed by atoms with Gasteiger partial charge in [-0.25, -0.2) is 0 Å². The summed E-state index contributed by atoms with van der Waals surface area (Å²) >= 11 is 3.27. The minimum Gasteiger partial charge on any atom is -0.493 e. The Labute approximate surface area is 155 Å². The molecule has 1 atom stereocenters. The van der Waals surface area contributed by atoms with Gasteiger partial charge >= 0.3 is 0 Å². The van der Waals surface area contributed by atoms with Crippen LogP contribution in [0.5, 0.6) is 11.5 Å². The molecule has 0 radical (unpaired) electrons. The molecule has 25 heavy (non-hydrogen) atoms. The van der Waals surface area contributed by atoms with Crippen LogP contribution < -0.4 is 14.8 Å². The third-order valence-electron chi connectivity index (χ3n) is 3.82. The molecular formula is C19H19NO3S2. The highest BCUT2D eigenvalue weighted by Crippen LogP contribution is 2.29. The minimum absolute atomic E-state index is 0.0307. The van der Waals surface area contributed by atoms with Crippen LogP contribution in [-0.4, -0.2) is 20.1 Å². The fourth-order valence-electron chi connectivity index (χ4n) is 2.60. The van der Waals surface area contributed by atoms with E-state index in [1.165, 1.54) is 0 Å². The minimum atomic E-state index is -0.112. The summed E-state index contributed by atoms with van der Waals surface area (Å²) in [5.74, 6) is 1.25. The fourth-order valence-corrected chi connectivity index (χ4v) is 4.09. The lowest BCUT2D eigenvalue weighted by Gasteiger charge is -2.17. The molecule has 0 aliphatic heterocycles. The van der Waals surface area contributed by atoms with Crippen molar-refractivity contribution in [3.05, 3.63) is 68.5 Å². The summed E-state index contributed by atoms with van der Waals surface area (Å²) in [5, 5.41) is 9.26. The van der Waals surface area contributed by atoms with E-state index in [1.54, 1.807) is 36.9 Å². The zero-order valence-corrected chi connectivity index (χ0v) is 15.7. The average molecular weight is 373 g/mol. The van der Waals surface area contributed by atoms with Gasteiger partial charge in [-0.3, -0.25) is 4.79 Å². The van der Waals surface area contributed by atoms with Crippen LogP contribution in [0.25, 0.3) is 0 Å². The van der Waals surface area contributed by atoms with Gasteiger partial charge in [0.15, 0.2) is 11.5 Å². The second kappa shape index (κ2) is 8.18. The first kappa shape index (κ1) is 17.5. The Hall–Kier alpha value is -2.31. The topological polar surface area (TPSA) is 47.6 Å². The number of thiophene rings is 2. The van der Waals surface area contributed by atoms with Crippen molar-refractivity contribution < 1.29 is 14.3 Å². The predicted molar refractivity (Wildman–Crippen MR) is 102 cm³/mol. The maximum atomic E-state index is 12.6. The van der Waals surface area contributed by atoms with Crippen molar-refractivity contribution >= 4 is 28.6 Å². The summed E-state index contributed by atoms with van der Waals surface area (Å²) in [7, 11) is 3.18. The van der Waals surface area contributed by atoms with Crippen LogP contribution in [0.2, 0.25) is 0 Å². The second-order valence-electron chi connectivity index (χ2n) is 5.44. The van der Waals surface area contributed by atoms with Gasteiger partial charge in [0, 0.05) is 4.88 Å². The summed E-state index contributed by atoms with van der Waals surface area (Å²) in [4.78, 5) is 13.7. The summed E-state index contributed by atoms with van der Waals surface area (Å²) in [6.45, 7) is 0. The molecule has 6 heteroatoms. The lowest BCUT2D eigenvalue weighted by atomic mass is 10.1. The van der Waals surface area contributed by atoms with Crippen LogP contribution in [0.4, 0.5) is 0 Å². The molecule has 2 heterocycles. The van der Waals surface area contributed by atoms with E-state index in [4.69, 9.17) is 9.47 Å². The number of carbonyl (C=O) groups excluding carboxylic acids is 1. The van der Waals surface area contributed by atoms with Crippen molar-refractivity contribution in [1.29, 1.82) is 0 Å². The number of carbonyl (C=O) groups is 1. The smallest absolute Gasteiger partial charge is 0.225 e. The Bertz CT molecular complexity index is 779. The molecule has 3 rings (SSSR count). The number of hydrogen-bond donors (Lipinski definition) is 1. The van der Waals surface area contributed by atoms with Crippen LogP contribution in [0.1, 0.15) is 22.0 Å². The van der Waals surface area contributed by atoms with E-state index in [0.717, 1.165) is 16.0 Å². The Morgan fingerprint density at radius 3 is 2.60 bits per heavy atom. The molecule has 0 spiro atoms. The van der Waals surface area contributed by atoms with E-state index in [0.29, 0.717) is 11.5 Å². The normalized spacial score (nSPS) is 11.8. The van der Waals surface area contributed by atoms with Crippen molar-refractivity contribution in [2.24, 2.45) is 0 Å². The molecule has 0 aliphatic rings. The monoisotopic (exact) mass is 373 g/mol. The van der Waals surface area contributed by atoms with E-state index in [-0.39, 0.29) is 18.4 Å². The van der Waals surface area contributed by atoms with Crippen LogP contribution in [-0.2, 0) is 11.2 Å². The van der Waals surface area contributed by atoms with E-state index in [9.17, 15) is 4.79 Å². The summed E-state index contributed by atoms with van der Waals surface area (Å²) in [6.07, 6.45) is 0.284. The highest BCUT2D eigenvalue weighted by molar-refractivity contribution is 7.10. The van der Waals surface area contributed by atoms with Gasteiger partial charge in [0.05, 0.1) is 26.7 Å². The lowest BCUT2D eigenvalue weighted by Crippen LogP contribution is -2.29. The van der Waals surface area contributed by atoms with Crippen LogP contribution in [0, 0.1) is 0 Å². The lowest BCUT2D eigenvalue weighted by molar-refractivity contribution is -0.120. The number of amides is 1. The predicted octanol–water partition coefficient (Wildman–Crippen LogP) is 4.28. The van der Waals surface area contributed by atoms with Gasteiger partial charge in [0.2, 0.25) is 5.91 Å². The Balaban J connectivity index is 1.74. The first-order valence-electron chi connectivity index (χ1n) is 7.77. The van der Waals surface area contributed by atoms with Gasteiger partial charge in [-0.1, -0.05) is 12.1 Å². The average Bonchev–Trinajstić information content (AvgIpc) is 3.33. The zero-order valence-electron chi connectivity index (χ0n) is 14.0. The molecule has 1 amide bonds.